The topological polar surface area (TPSA) is 72.2 Å². The zero-order valence-corrected chi connectivity index (χ0v) is 13.8. The number of halogens is 2. The van der Waals surface area contributed by atoms with Gasteiger partial charge < -0.3 is 5.73 Å². The number of aryl methyl sites for hydroxylation is 2. The molecule has 4 nitrogen and oxygen atoms in total. The molecule has 7 heteroatoms. The minimum Gasteiger partial charge on any atom is -0.398 e. The summed E-state index contributed by atoms with van der Waals surface area (Å²) in [7, 11) is -4.04. The molecule has 0 saturated carbocycles. The largest absolute Gasteiger partial charge is 0.398 e. The fourth-order valence-electron chi connectivity index (χ4n) is 1.82. The fourth-order valence-corrected chi connectivity index (χ4v) is 3.52. The normalized spacial score (nSPS) is 11.4. The van der Waals surface area contributed by atoms with Crippen LogP contribution < -0.4 is 10.5 Å². The van der Waals surface area contributed by atoms with Gasteiger partial charge in [0.05, 0.1) is 5.69 Å². The number of anilines is 2. The van der Waals surface area contributed by atoms with E-state index in [0.717, 1.165) is 16.6 Å². The molecule has 0 aromatic heterocycles. The van der Waals surface area contributed by atoms with E-state index in [1.807, 2.05) is 0 Å². The summed E-state index contributed by atoms with van der Waals surface area (Å²) in [5.41, 5.74) is 7.48. The van der Waals surface area contributed by atoms with Crippen molar-refractivity contribution in [1.29, 1.82) is 0 Å². The van der Waals surface area contributed by atoms with Gasteiger partial charge in [-0.1, -0.05) is 15.9 Å². The van der Waals surface area contributed by atoms with E-state index >= 15 is 0 Å². The highest BCUT2D eigenvalue weighted by Gasteiger charge is 2.21. The van der Waals surface area contributed by atoms with Crippen molar-refractivity contribution in [1.82, 2.24) is 0 Å². The van der Waals surface area contributed by atoms with Gasteiger partial charge in [0.15, 0.2) is 0 Å². The highest BCUT2D eigenvalue weighted by atomic mass is 79.9. The lowest BCUT2D eigenvalue weighted by molar-refractivity contribution is 0.570. The summed E-state index contributed by atoms with van der Waals surface area (Å²) in [4.78, 5) is -0.465. The van der Waals surface area contributed by atoms with Crippen molar-refractivity contribution in [2.45, 2.75) is 18.7 Å². The van der Waals surface area contributed by atoms with Crippen LogP contribution in [0.5, 0.6) is 0 Å². The SMILES string of the molecule is Cc1cc(F)c(S(=O)(=O)Nc2ccc(Br)cc2C)cc1N. The molecule has 0 amide bonds. The van der Waals surface area contributed by atoms with Crippen LogP contribution in [-0.2, 0) is 10.0 Å². The molecule has 2 aromatic rings. The van der Waals surface area contributed by atoms with Gasteiger partial charge in [0, 0.05) is 10.2 Å². The molecule has 2 rings (SSSR count). The zero-order chi connectivity index (χ0) is 15.8. The smallest absolute Gasteiger partial charge is 0.264 e. The van der Waals surface area contributed by atoms with E-state index in [0.29, 0.717) is 16.8 Å². The van der Waals surface area contributed by atoms with Crippen LogP contribution in [0.25, 0.3) is 0 Å². The maximum Gasteiger partial charge on any atom is 0.264 e. The Balaban J connectivity index is 2.46. The van der Waals surface area contributed by atoms with Gasteiger partial charge in [-0.25, -0.2) is 12.8 Å². The van der Waals surface area contributed by atoms with E-state index in [1.54, 1.807) is 32.0 Å². The van der Waals surface area contributed by atoms with Crippen molar-refractivity contribution in [2.24, 2.45) is 0 Å². The van der Waals surface area contributed by atoms with E-state index in [-0.39, 0.29) is 5.69 Å². The molecule has 0 fully saturated rings. The van der Waals surface area contributed by atoms with Crippen LogP contribution >= 0.6 is 15.9 Å². The molecule has 0 aliphatic rings. The second kappa shape index (κ2) is 5.65. The quantitative estimate of drug-likeness (QED) is 0.808. The second-order valence-corrected chi connectivity index (χ2v) is 7.27. The Morgan fingerprint density at radius 3 is 2.43 bits per heavy atom. The maximum atomic E-state index is 13.9. The summed E-state index contributed by atoms with van der Waals surface area (Å²) in [6, 6.07) is 7.30. The molecule has 0 radical (unpaired) electrons. The molecule has 0 saturated heterocycles. The predicted molar refractivity (Wildman–Crippen MR) is 85.2 cm³/mol. The van der Waals surface area contributed by atoms with Crippen LogP contribution in [0.3, 0.4) is 0 Å². The number of nitrogens with one attached hydrogen (secondary N) is 1. The predicted octanol–water partition coefficient (Wildman–Crippen LogP) is 3.59. The number of nitrogen functional groups attached to an aromatic ring is 1. The summed E-state index contributed by atoms with van der Waals surface area (Å²) < 4.78 is 41.7. The minimum absolute atomic E-state index is 0.226. The van der Waals surface area contributed by atoms with Gasteiger partial charge in [-0.2, -0.15) is 0 Å². The number of rotatable bonds is 3. The molecule has 2 aromatic carbocycles. The summed E-state index contributed by atoms with van der Waals surface area (Å²) >= 11 is 3.30. The van der Waals surface area contributed by atoms with Crippen LogP contribution in [0, 0.1) is 19.7 Å². The Morgan fingerprint density at radius 1 is 1.14 bits per heavy atom. The molecule has 0 bridgehead atoms. The van der Waals surface area contributed by atoms with Crippen molar-refractivity contribution < 1.29 is 12.8 Å². The average Bonchev–Trinajstić information content (AvgIpc) is 2.37. The number of nitrogens with two attached hydrogens (primary N) is 1. The van der Waals surface area contributed by atoms with Crippen LogP contribution in [0.4, 0.5) is 15.8 Å². The highest BCUT2D eigenvalue weighted by molar-refractivity contribution is 9.10. The van der Waals surface area contributed by atoms with Crippen molar-refractivity contribution in [2.75, 3.05) is 10.5 Å². The van der Waals surface area contributed by atoms with Gasteiger partial charge in [0.25, 0.3) is 10.0 Å². The van der Waals surface area contributed by atoms with Crippen LogP contribution in [-0.4, -0.2) is 8.42 Å². The zero-order valence-electron chi connectivity index (χ0n) is 11.4. The lowest BCUT2D eigenvalue weighted by Crippen LogP contribution is -2.16. The third-order valence-corrected chi connectivity index (χ3v) is 4.92. The van der Waals surface area contributed by atoms with E-state index in [1.165, 1.54) is 0 Å². The third kappa shape index (κ3) is 3.36. The standard InChI is InChI=1S/C14H14BrFN2O2S/c1-8-6-11(16)14(7-12(8)17)21(19,20)18-13-4-3-10(15)5-9(13)2/h3-7,18H,17H2,1-2H3. The van der Waals surface area contributed by atoms with Gasteiger partial charge in [-0.05, 0) is 55.3 Å². The number of sulfonamides is 1. The number of hydrogen-bond donors (Lipinski definition) is 2. The van der Waals surface area contributed by atoms with E-state index < -0.39 is 20.7 Å². The lowest BCUT2D eigenvalue weighted by atomic mass is 10.2. The molecule has 0 aliphatic carbocycles. The monoisotopic (exact) mass is 372 g/mol. The first-order chi connectivity index (χ1) is 9.70. The molecule has 0 atom stereocenters. The van der Waals surface area contributed by atoms with E-state index in [2.05, 4.69) is 20.7 Å². The first-order valence-corrected chi connectivity index (χ1v) is 8.33. The Bertz CT molecular complexity index is 807. The number of benzene rings is 2. The number of hydrogen-bond acceptors (Lipinski definition) is 3. The van der Waals surface area contributed by atoms with E-state index in [9.17, 15) is 12.8 Å². The molecule has 0 spiro atoms. The first-order valence-electron chi connectivity index (χ1n) is 6.05. The average molecular weight is 373 g/mol. The van der Waals surface area contributed by atoms with Crippen LogP contribution in [0.1, 0.15) is 11.1 Å². The molecular weight excluding hydrogens is 359 g/mol. The molecular formula is C14H14BrFN2O2S. The Labute approximate surface area is 131 Å². The fraction of sp³-hybridized carbons (Fsp3) is 0.143. The maximum absolute atomic E-state index is 13.9. The van der Waals surface area contributed by atoms with Gasteiger partial charge in [0.2, 0.25) is 0 Å². The summed E-state index contributed by atoms with van der Waals surface area (Å²) in [6.07, 6.45) is 0. The van der Waals surface area contributed by atoms with Gasteiger partial charge in [0.1, 0.15) is 10.7 Å². The highest BCUT2D eigenvalue weighted by Crippen LogP contribution is 2.26. The summed E-state index contributed by atoms with van der Waals surface area (Å²) in [5, 5.41) is 0. The molecule has 21 heavy (non-hydrogen) atoms. The molecule has 0 unspecified atom stereocenters. The summed E-state index contributed by atoms with van der Waals surface area (Å²) in [5.74, 6) is -0.830. The van der Waals surface area contributed by atoms with Gasteiger partial charge >= 0.3 is 0 Å². The lowest BCUT2D eigenvalue weighted by Gasteiger charge is -2.12. The van der Waals surface area contributed by atoms with Crippen LogP contribution in [0.2, 0.25) is 0 Å². The second-order valence-electron chi connectivity index (χ2n) is 4.70. The van der Waals surface area contributed by atoms with Crippen molar-refractivity contribution in [3.05, 3.63) is 51.7 Å². The van der Waals surface area contributed by atoms with Crippen molar-refractivity contribution in [3.8, 4) is 0 Å². The van der Waals surface area contributed by atoms with Crippen molar-refractivity contribution >= 4 is 37.3 Å². The van der Waals surface area contributed by atoms with Crippen LogP contribution in [0.15, 0.2) is 39.7 Å². The Morgan fingerprint density at radius 2 is 1.81 bits per heavy atom. The van der Waals surface area contributed by atoms with Gasteiger partial charge in [-0.15, -0.1) is 0 Å². The third-order valence-electron chi connectivity index (χ3n) is 3.04. The van der Waals surface area contributed by atoms with Gasteiger partial charge in [-0.3, -0.25) is 4.72 Å². The molecule has 0 heterocycles. The van der Waals surface area contributed by atoms with E-state index in [4.69, 9.17) is 5.73 Å². The molecule has 3 N–H and O–H groups in total. The Kier molecular flexibility index (Phi) is 4.25. The minimum atomic E-state index is -4.04. The molecule has 0 aliphatic heterocycles. The first kappa shape index (κ1) is 15.8. The van der Waals surface area contributed by atoms with Crippen molar-refractivity contribution in [3.63, 3.8) is 0 Å². The summed E-state index contributed by atoms with van der Waals surface area (Å²) in [6.45, 7) is 3.36. The Hall–Kier alpha value is -1.60. The molecule has 112 valence electrons.